The average Bonchev–Trinajstić information content (AvgIpc) is 2.64. The second-order valence-corrected chi connectivity index (χ2v) is 5.27. The Kier molecular flexibility index (Phi) is 4.42. The SMILES string of the molecule is Cc1noc(C)c1CC(=O)N1CCCCCC1C(=O)O. The van der Waals surface area contributed by atoms with E-state index in [0.717, 1.165) is 24.8 Å². The Morgan fingerprint density at radius 2 is 2.10 bits per heavy atom. The summed E-state index contributed by atoms with van der Waals surface area (Å²) in [6.45, 7) is 4.06. The molecule has 1 amide bonds. The summed E-state index contributed by atoms with van der Waals surface area (Å²) in [6.07, 6.45) is 3.37. The minimum absolute atomic E-state index is 0.158. The summed E-state index contributed by atoms with van der Waals surface area (Å²) in [5, 5.41) is 13.1. The van der Waals surface area contributed by atoms with Crippen molar-refractivity contribution in [2.45, 2.75) is 52.0 Å². The average molecular weight is 280 g/mol. The van der Waals surface area contributed by atoms with Gasteiger partial charge in [0.05, 0.1) is 12.1 Å². The van der Waals surface area contributed by atoms with Crippen LogP contribution in [0.5, 0.6) is 0 Å². The minimum Gasteiger partial charge on any atom is -0.480 e. The molecule has 6 nitrogen and oxygen atoms in total. The number of carbonyl (C=O) groups excluding carboxylic acids is 1. The van der Waals surface area contributed by atoms with Gasteiger partial charge in [-0.15, -0.1) is 0 Å². The van der Waals surface area contributed by atoms with Crippen LogP contribution in [-0.2, 0) is 16.0 Å². The standard InChI is InChI=1S/C14H20N2O4/c1-9-11(10(2)20-15-9)8-13(17)16-7-5-3-4-6-12(16)14(18)19/h12H,3-8H2,1-2H3,(H,18,19). The molecule has 2 rings (SSSR count). The minimum atomic E-state index is -0.918. The quantitative estimate of drug-likeness (QED) is 0.910. The van der Waals surface area contributed by atoms with Crippen molar-refractivity contribution >= 4 is 11.9 Å². The van der Waals surface area contributed by atoms with Gasteiger partial charge in [-0.1, -0.05) is 18.0 Å². The zero-order valence-electron chi connectivity index (χ0n) is 11.9. The van der Waals surface area contributed by atoms with E-state index < -0.39 is 12.0 Å². The fourth-order valence-corrected chi connectivity index (χ4v) is 2.67. The van der Waals surface area contributed by atoms with Crippen molar-refractivity contribution in [3.8, 4) is 0 Å². The molecule has 0 aliphatic carbocycles. The number of rotatable bonds is 3. The molecule has 110 valence electrons. The third-order valence-corrected chi connectivity index (χ3v) is 3.87. The van der Waals surface area contributed by atoms with Gasteiger partial charge in [0.15, 0.2) is 0 Å². The van der Waals surface area contributed by atoms with Crippen molar-refractivity contribution in [2.75, 3.05) is 6.54 Å². The van der Waals surface area contributed by atoms with Gasteiger partial charge >= 0.3 is 5.97 Å². The van der Waals surface area contributed by atoms with Crippen molar-refractivity contribution in [1.82, 2.24) is 10.1 Å². The fourth-order valence-electron chi connectivity index (χ4n) is 2.67. The highest BCUT2D eigenvalue weighted by Crippen LogP contribution is 2.20. The Bertz CT molecular complexity index is 490. The first-order valence-corrected chi connectivity index (χ1v) is 6.94. The van der Waals surface area contributed by atoms with Gasteiger partial charge in [-0.25, -0.2) is 4.79 Å². The van der Waals surface area contributed by atoms with Gasteiger partial charge in [-0.3, -0.25) is 4.79 Å². The van der Waals surface area contributed by atoms with Crippen LogP contribution < -0.4 is 0 Å². The molecule has 1 aliphatic rings. The second kappa shape index (κ2) is 6.07. The molecule has 1 aromatic rings. The number of carboxylic acid groups (broad SMARTS) is 1. The molecule has 2 heterocycles. The van der Waals surface area contributed by atoms with Crippen LogP contribution in [0.1, 0.15) is 42.7 Å². The van der Waals surface area contributed by atoms with E-state index in [1.807, 2.05) is 0 Å². The molecule has 20 heavy (non-hydrogen) atoms. The van der Waals surface area contributed by atoms with Gasteiger partial charge in [-0.2, -0.15) is 0 Å². The largest absolute Gasteiger partial charge is 0.480 e. The smallest absolute Gasteiger partial charge is 0.326 e. The number of amides is 1. The highest BCUT2D eigenvalue weighted by Gasteiger charge is 2.31. The first-order valence-electron chi connectivity index (χ1n) is 6.94. The Morgan fingerprint density at radius 3 is 2.70 bits per heavy atom. The van der Waals surface area contributed by atoms with Crippen molar-refractivity contribution < 1.29 is 19.2 Å². The maximum atomic E-state index is 12.4. The topological polar surface area (TPSA) is 83.6 Å². The Labute approximate surface area is 117 Å². The van der Waals surface area contributed by atoms with E-state index in [2.05, 4.69) is 5.16 Å². The first kappa shape index (κ1) is 14.6. The van der Waals surface area contributed by atoms with Crippen LogP contribution in [0.4, 0.5) is 0 Å². The summed E-state index contributed by atoms with van der Waals surface area (Å²) in [5.74, 6) is -0.453. The molecule has 0 radical (unpaired) electrons. The van der Waals surface area contributed by atoms with Gasteiger partial charge in [0.25, 0.3) is 0 Å². The number of aryl methyl sites for hydroxylation is 2. The van der Waals surface area contributed by atoms with Crippen molar-refractivity contribution in [2.24, 2.45) is 0 Å². The number of likely N-dealkylation sites (tertiary alicyclic amines) is 1. The number of carboxylic acids is 1. The number of aromatic nitrogens is 1. The van der Waals surface area contributed by atoms with Crippen LogP contribution in [0.3, 0.4) is 0 Å². The van der Waals surface area contributed by atoms with Gasteiger partial charge in [0, 0.05) is 12.1 Å². The Balaban J connectivity index is 2.15. The van der Waals surface area contributed by atoms with E-state index in [1.165, 1.54) is 4.90 Å². The molecule has 1 N–H and O–H groups in total. The van der Waals surface area contributed by atoms with E-state index in [0.29, 0.717) is 24.4 Å². The molecule has 1 fully saturated rings. The lowest BCUT2D eigenvalue weighted by Crippen LogP contribution is -2.45. The highest BCUT2D eigenvalue weighted by molar-refractivity contribution is 5.85. The molecule has 0 saturated carbocycles. The molecule has 1 aliphatic heterocycles. The lowest BCUT2D eigenvalue weighted by atomic mass is 10.1. The number of hydrogen-bond acceptors (Lipinski definition) is 4. The van der Waals surface area contributed by atoms with Crippen molar-refractivity contribution in [3.05, 3.63) is 17.0 Å². The monoisotopic (exact) mass is 280 g/mol. The normalized spacial score (nSPS) is 19.7. The molecule has 0 spiro atoms. The van der Waals surface area contributed by atoms with E-state index in [-0.39, 0.29) is 12.3 Å². The van der Waals surface area contributed by atoms with Crippen LogP contribution in [-0.4, -0.2) is 39.6 Å². The molecule has 1 saturated heterocycles. The van der Waals surface area contributed by atoms with Crippen LogP contribution >= 0.6 is 0 Å². The fraction of sp³-hybridized carbons (Fsp3) is 0.643. The summed E-state index contributed by atoms with van der Waals surface area (Å²) in [4.78, 5) is 25.3. The molecular weight excluding hydrogens is 260 g/mol. The highest BCUT2D eigenvalue weighted by atomic mass is 16.5. The van der Waals surface area contributed by atoms with Crippen LogP contribution in [0.2, 0.25) is 0 Å². The van der Waals surface area contributed by atoms with Crippen molar-refractivity contribution in [1.29, 1.82) is 0 Å². The number of nitrogens with zero attached hydrogens (tertiary/aromatic N) is 2. The molecule has 1 aromatic heterocycles. The molecule has 1 unspecified atom stereocenters. The van der Waals surface area contributed by atoms with Crippen molar-refractivity contribution in [3.63, 3.8) is 0 Å². The third-order valence-electron chi connectivity index (χ3n) is 3.87. The lowest BCUT2D eigenvalue weighted by molar-refractivity contribution is -0.150. The molecule has 0 bridgehead atoms. The summed E-state index contributed by atoms with van der Waals surface area (Å²) >= 11 is 0. The van der Waals surface area contributed by atoms with Gasteiger partial charge < -0.3 is 14.5 Å². The van der Waals surface area contributed by atoms with Crippen LogP contribution in [0, 0.1) is 13.8 Å². The predicted molar refractivity (Wildman–Crippen MR) is 71.3 cm³/mol. The van der Waals surface area contributed by atoms with Gasteiger partial charge in [0.1, 0.15) is 11.8 Å². The first-order chi connectivity index (χ1) is 9.50. The molecular formula is C14H20N2O4. The van der Waals surface area contributed by atoms with Crippen LogP contribution in [0.15, 0.2) is 4.52 Å². The number of carbonyl (C=O) groups is 2. The third kappa shape index (κ3) is 3.00. The lowest BCUT2D eigenvalue weighted by Gasteiger charge is -2.27. The number of aliphatic carboxylic acids is 1. The van der Waals surface area contributed by atoms with Gasteiger partial charge in [0.2, 0.25) is 5.91 Å². The van der Waals surface area contributed by atoms with Crippen LogP contribution in [0.25, 0.3) is 0 Å². The molecule has 1 atom stereocenters. The maximum absolute atomic E-state index is 12.4. The van der Waals surface area contributed by atoms with E-state index >= 15 is 0 Å². The summed E-state index contributed by atoms with van der Waals surface area (Å²) in [5.41, 5.74) is 1.46. The van der Waals surface area contributed by atoms with Gasteiger partial charge in [-0.05, 0) is 26.7 Å². The Hall–Kier alpha value is -1.85. The molecule has 0 aromatic carbocycles. The summed E-state index contributed by atoms with van der Waals surface area (Å²) in [6, 6.07) is -0.703. The maximum Gasteiger partial charge on any atom is 0.326 e. The summed E-state index contributed by atoms with van der Waals surface area (Å²) in [7, 11) is 0. The number of hydrogen-bond donors (Lipinski definition) is 1. The zero-order chi connectivity index (χ0) is 14.7. The summed E-state index contributed by atoms with van der Waals surface area (Å²) < 4.78 is 5.05. The predicted octanol–water partition coefficient (Wildman–Crippen LogP) is 1.69. The van der Waals surface area contributed by atoms with E-state index in [1.54, 1.807) is 13.8 Å². The van der Waals surface area contributed by atoms with E-state index in [4.69, 9.17) is 4.52 Å². The second-order valence-electron chi connectivity index (χ2n) is 5.27. The Morgan fingerprint density at radius 1 is 1.35 bits per heavy atom. The molecule has 6 heteroatoms. The zero-order valence-corrected chi connectivity index (χ0v) is 11.9. The van der Waals surface area contributed by atoms with E-state index in [9.17, 15) is 14.7 Å².